The van der Waals surface area contributed by atoms with Gasteiger partial charge in [-0.25, -0.2) is 0 Å². The van der Waals surface area contributed by atoms with E-state index in [9.17, 15) is 4.79 Å². The van der Waals surface area contributed by atoms with Crippen molar-refractivity contribution in [2.75, 3.05) is 0 Å². The number of ketones is 1. The molecular formula is C17H32O. The second kappa shape index (κ2) is 7.96. The second-order valence-electron chi connectivity index (χ2n) is 6.59. The van der Waals surface area contributed by atoms with Gasteiger partial charge < -0.3 is 0 Å². The summed E-state index contributed by atoms with van der Waals surface area (Å²) in [5, 5.41) is 0. The third-order valence-corrected chi connectivity index (χ3v) is 4.91. The molecule has 0 heterocycles. The largest absolute Gasteiger partial charge is 0.299 e. The minimum Gasteiger partial charge on any atom is -0.299 e. The van der Waals surface area contributed by atoms with E-state index in [0.29, 0.717) is 11.7 Å². The molecule has 0 aromatic carbocycles. The summed E-state index contributed by atoms with van der Waals surface area (Å²) in [6, 6.07) is 0. The molecule has 0 radical (unpaired) electrons. The predicted molar refractivity (Wildman–Crippen MR) is 78.6 cm³/mol. The van der Waals surface area contributed by atoms with E-state index in [0.717, 1.165) is 30.6 Å². The van der Waals surface area contributed by atoms with E-state index >= 15 is 0 Å². The Kier molecular flexibility index (Phi) is 6.96. The normalized spacial score (nSPS) is 26.6. The fraction of sp³-hybridized carbons (Fsp3) is 0.941. The Labute approximate surface area is 114 Å². The number of carbonyl (C=O) groups is 1. The van der Waals surface area contributed by atoms with E-state index in [1.165, 1.54) is 38.5 Å². The predicted octanol–water partition coefficient (Wildman–Crippen LogP) is 5.23. The van der Waals surface area contributed by atoms with Crippen molar-refractivity contribution in [3.8, 4) is 0 Å². The molecular weight excluding hydrogens is 220 g/mol. The molecule has 0 aromatic heterocycles. The van der Waals surface area contributed by atoms with Crippen molar-refractivity contribution in [3.05, 3.63) is 0 Å². The lowest BCUT2D eigenvalue weighted by Gasteiger charge is -2.32. The molecule has 3 atom stereocenters. The van der Waals surface area contributed by atoms with Gasteiger partial charge in [0.25, 0.3) is 0 Å². The molecule has 0 N–H and O–H groups in total. The zero-order chi connectivity index (χ0) is 13.5. The molecule has 18 heavy (non-hydrogen) atoms. The molecule has 106 valence electrons. The lowest BCUT2D eigenvalue weighted by Crippen LogP contribution is -2.29. The molecule has 0 spiro atoms. The Morgan fingerprint density at radius 1 is 1.28 bits per heavy atom. The number of Topliss-reactive ketones (excluding diaryl/α,β-unsaturated/α-hetero) is 1. The Hall–Kier alpha value is -0.330. The lowest BCUT2D eigenvalue weighted by atomic mass is 9.72. The molecule has 0 aliphatic heterocycles. The fourth-order valence-corrected chi connectivity index (χ4v) is 3.36. The first kappa shape index (κ1) is 15.7. The smallest absolute Gasteiger partial charge is 0.136 e. The van der Waals surface area contributed by atoms with Gasteiger partial charge in [-0.15, -0.1) is 0 Å². The van der Waals surface area contributed by atoms with Crippen molar-refractivity contribution in [1.82, 2.24) is 0 Å². The maximum absolute atomic E-state index is 12.1. The van der Waals surface area contributed by atoms with Gasteiger partial charge in [0, 0.05) is 12.3 Å². The molecule has 1 heteroatoms. The highest BCUT2D eigenvalue weighted by atomic mass is 16.1. The molecule has 0 aromatic rings. The molecule has 1 rings (SSSR count). The maximum Gasteiger partial charge on any atom is 0.136 e. The third kappa shape index (κ3) is 4.74. The summed E-state index contributed by atoms with van der Waals surface area (Å²) in [5.41, 5.74) is 0. The average Bonchev–Trinajstić information content (AvgIpc) is 2.36. The number of hydrogen-bond acceptors (Lipinski definition) is 1. The summed E-state index contributed by atoms with van der Waals surface area (Å²) in [7, 11) is 0. The highest BCUT2D eigenvalue weighted by Gasteiger charge is 2.31. The van der Waals surface area contributed by atoms with E-state index in [-0.39, 0.29) is 0 Å². The summed E-state index contributed by atoms with van der Waals surface area (Å²) in [5.74, 6) is 3.26. The first-order valence-corrected chi connectivity index (χ1v) is 8.11. The van der Waals surface area contributed by atoms with Crippen LogP contribution < -0.4 is 0 Å². The quantitative estimate of drug-likeness (QED) is 0.606. The van der Waals surface area contributed by atoms with Crippen LogP contribution in [0.25, 0.3) is 0 Å². The van der Waals surface area contributed by atoms with Gasteiger partial charge in [-0.3, -0.25) is 4.79 Å². The second-order valence-corrected chi connectivity index (χ2v) is 6.59. The van der Waals surface area contributed by atoms with Gasteiger partial charge in [-0.2, -0.15) is 0 Å². The van der Waals surface area contributed by atoms with Crippen LogP contribution in [0, 0.1) is 23.7 Å². The van der Waals surface area contributed by atoms with E-state index in [2.05, 4.69) is 27.7 Å². The Morgan fingerprint density at radius 2 is 2.00 bits per heavy atom. The van der Waals surface area contributed by atoms with Crippen molar-refractivity contribution >= 4 is 5.78 Å². The lowest BCUT2D eigenvalue weighted by molar-refractivity contribution is -0.126. The summed E-state index contributed by atoms with van der Waals surface area (Å²) < 4.78 is 0. The highest BCUT2D eigenvalue weighted by Crippen LogP contribution is 2.36. The molecule has 0 amide bonds. The SMILES string of the molecule is CCCCC(CC)CC1CC(C(C)C)CCC1=O. The maximum atomic E-state index is 12.1. The van der Waals surface area contributed by atoms with Crippen LogP contribution in [0.1, 0.15) is 79.1 Å². The average molecular weight is 252 g/mol. The Morgan fingerprint density at radius 3 is 2.56 bits per heavy atom. The zero-order valence-electron chi connectivity index (χ0n) is 12.9. The monoisotopic (exact) mass is 252 g/mol. The van der Waals surface area contributed by atoms with Gasteiger partial charge in [-0.1, -0.05) is 53.4 Å². The molecule has 1 nitrogen and oxygen atoms in total. The zero-order valence-corrected chi connectivity index (χ0v) is 12.9. The van der Waals surface area contributed by atoms with Crippen LogP contribution in [0.15, 0.2) is 0 Å². The fourth-order valence-electron chi connectivity index (χ4n) is 3.36. The van der Waals surface area contributed by atoms with Gasteiger partial charge in [0.1, 0.15) is 5.78 Å². The highest BCUT2D eigenvalue weighted by molar-refractivity contribution is 5.81. The summed E-state index contributed by atoms with van der Waals surface area (Å²) in [6.07, 6.45) is 9.49. The summed E-state index contributed by atoms with van der Waals surface area (Å²) in [4.78, 5) is 12.1. The molecule has 1 aliphatic rings. The van der Waals surface area contributed by atoms with Gasteiger partial charge in [0.05, 0.1) is 0 Å². The molecule has 0 bridgehead atoms. The van der Waals surface area contributed by atoms with Crippen molar-refractivity contribution in [2.24, 2.45) is 23.7 Å². The van der Waals surface area contributed by atoms with Crippen LogP contribution in [0.2, 0.25) is 0 Å². The van der Waals surface area contributed by atoms with Gasteiger partial charge >= 0.3 is 0 Å². The van der Waals surface area contributed by atoms with Gasteiger partial charge in [0.15, 0.2) is 0 Å². The molecule has 1 aliphatic carbocycles. The third-order valence-electron chi connectivity index (χ3n) is 4.91. The molecule has 1 fully saturated rings. The topological polar surface area (TPSA) is 17.1 Å². The van der Waals surface area contributed by atoms with Crippen LogP contribution in [0.5, 0.6) is 0 Å². The van der Waals surface area contributed by atoms with Crippen molar-refractivity contribution in [1.29, 1.82) is 0 Å². The van der Waals surface area contributed by atoms with E-state index in [1.54, 1.807) is 0 Å². The number of carbonyl (C=O) groups excluding carboxylic acids is 1. The van der Waals surface area contributed by atoms with Crippen LogP contribution in [0.3, 0.4) is 0 Å². The molecule has 3 unspecified atom stereocenters. The standard InChI is InChI=1S/C17H32O/c1-5-7-8-14(6-2)11-16-12-15(13(3)4)9-10-17(16)18/h13-16H,5-12H2,1-4H3. The van der Waals surface area contributed by atoms with Crippen LogP contribution in [-0.4, -0.2) is 5.78 Å². The number of hydrogen-bond donors (Lipinski definition) is 0. The number of unbranched alkanes of at least 4 members (excludes halogenated alkanes) is 1. The Bertz CT molecular complexity index is 244. The minimum atomic E-state index is 0.382. The van der Waals surface area contributed by atoms with Crippen LogP contribution in [0.4, 0.5) is 0 Å². The summed E-state index contributed by atoms with van der Waals surface area (Å²) >= 11 is 0. The van der Waals surface area contributed by atoms with Crippen molar-refractivity contribution < 1.29 is 4.79 Å². The van der Waals surface area contributed by atoms with E-state index < -0.39 is 0 Å². The van der Waals surface area contributed by atoms with Gasteiger partial charge in [-0.05, 0) is 37.0 Å². The van der Waals surface area contributed by atoms with E-state index in [4.69, 9.17) is 0 Å². The minimum absolute atomic E-state index is 0.382. The summed E-state index contributed by atoms with van der Waals surface area (Å²) in [6.45, 7) is 9.17. The first-order chi connectivity index (χ1) is 8.58. The van der Waals surface area contributed by atoms with E-state index in [1.807, 2.05) is 0 Å². The van der Waals surface area contributed by atoms with Crippen molar-refractivity contribution in [2.45, 2.75) is 79.1 Å². The Balaban J connectivity index is 2.48. The van der Waals surface area contributed by atoms with Crippen LogP contribution >= 0.6 is 0 Å². The first-order valence-electron chi connectivity index (χ1n) is 8.11. The van der Waals surface area contributed by atoms with Crippen LogP contribution in [-0.2, 0) is 4.79 Å². The van der Waals surface area contributed by atoms with Crippen molar-refractivity contribution in [3.63, 3.8) is 0 Å². The molecule has 1 saturated carbocycles. The van der Waals surface area contributed by atoms with Gasteiger partial charge in [0.2, 0.25) is 0 Å². The molecule has 0 saturated heterocycles. The number of rotatable bonds is 7.